The van der Waals surface area contributed by atoms with Gasteiger partial charge in [0.25, 0.3) is 0 Å². The van der Waals surface area contributed by atoms with Crippen molar-refractivity contribution in [3.63, 3.8) is 0 Å². The maximum atomic E-state index is 5.03. The Morgan fingerprint density at radius 3 is 2.74 bits per heavy atom. The van der Waals surface area contributed by atoms with Crippen molar-refractivity contribution in [1.29, 1.82) is 0 Å². The number of hydrogen-bond donors (Lipinski definition) is 1. The van der Waals surface area contributed by atoms with E-state index in [0.29, 0.717) is 0 Å². The molecule has 1 aliphatic rings. The average Bonchev–Trinajstić information content (AvgIpc) is 2.45. The van der Waals surface area contributed by atoms with Crippen LogP contribution in [0.25, 0.3) is 0 Å². The number of ether oxygens (including phenoxy) is 1. The van der Waals surface area contributed by atoms with E-state index in [1.54, 1.807) is 19.5 Å². The van der Waals surface area contributed by atoms with Crippen molar-refractivity contribution in [2.45, 2.75) is 19.8 Å². The molecule has 1 aliphatic heterocycles. The van der Waals surface area contributed by atoms with E-state index < -0.39 is 0 Å². The van der Waals surface area contributed by atoms with Gasteiger partial charge in [0.05, 0.1) is 12.3 Å². The van der Waals surface area contributed by atoms with Crippen LogP contribution in [0.2, 0.25) is 0 Å². The third-order valence-corrected chi connectivity index (χ3v) is 3.69. The maximum absolute atomic E-state index is 5.03. The Hall–Kier alpha value is -1.20. The molecule has 0 amide bonds. The lowest BCUT2D eigenvalue weighted by Gasteiger charge is -2.33. The molecule has 2 rings (SSSR count). The van der Waals surface area contributed by atoms with Gasteiger partial charge < -0.3 is 15.0 Å². The molecule has 0 aliphatic carbocycles. The monoisotopic (exact) mass is 264 g/mol. The number of hydrogen-bond acceptors (Lipinski definition) is 5. The highest BCUT2D eigenvalue weighted by Gasteiger charge is 2.20. The lowest BCUT2D eigenvalue weighted by Crippen LogP contribution is -2.38. The van der Waals surface area contributed by atoms with Gasteiger partial charge in [0, 0.05) is 39.1 Å². The van der Waals surface area contributed by atoms with Crippen LogP contribution < -0.4 is 10.2 Å². The molecule has 0 radical (unpaired) electrons. The molecule has 1 aromatic heterocycles. The quantitative estimate of drug-likeness (QED) is 0.783. The van der Waals surface area contributed by atoms with Crippen LogP contribution in [0.4, 0.5) is 5.82 Å². The second-order valence-electron chi connectivity index (χ2n) is 5.09. The van der Waals surface area contributed by atoms with Crippen molar-refractivity contribution < 1.29 is 4.74 Å². The van der Waals surface area contributed by atoms with Gasteiger partial charge in [0.1, 0.15) is 5.82 Å². The fraction of sp³-hybridized carbons (Fsp3) is 0.714. The summed E-state index contributed by atoms with van der Waals surface area (Å²) in [6, 6.07) is 0. The van der Waals surface area contributed by atoms with Gasteiger partial charge >= 0.3 is 0 Å². The Bertz CT molecular complexity index is 377. The first-order valence-corrected chi connectivity index (χ1v) is 7.03. The van der Waals surface area contributed by atoms with Crippen LogP contribution in [0.15, 0.2) is 12.4 Å². The topological polar surface area (TPSA) is 50.3 Å². The van der Waals surface area contributed by atoms with Crippen LogP contribution in [0.5, 0.6) is 0 Å². The lowest BCUT2D eigenvalue weighted by atomic mass is 9.96. The predicted octanol–water partition coefficient (Wildman–Crippen LogP) is 1.24. The zero-order valence-electron chi connectivity index (χ0n) is 11.9. The van der Waals surface area contributed by atoms with Crippen molar-refractivity contribution in [2.24, 2.45) is 5.92 Å². The van der Waals surface area contributed by atoms with Crippen LogP contribution >= 0.6 is 0 Å². The summed E-state index contributed by atoms with van der Waals surface area (Å²) in [7, 11) is 1.74. The third kappa shape index (κ3) is 4.14. The molecule has 0 spiro atoms. The Kier molecular flexibility index (Phi) is 5.54. The zero-order chi connectivity index (χ0) is 13.5. The van der Waals surface area contributed by atoms with Crippen LogP contribution in [0.3, 0.4) is 0 Å². The summed E-state index contributed by atoms with van der Waals surface area (Å²) in [5, 5.41) is 3.45. The van der Waals surface area contributed by atoms with Crippen molar-refractivity contribution in [1.82, 2.24) is 15.3 Å². The Labute approximate surface area is 115 Å². The van der Waals surface area contributed by atoms with Gasteiger partial charge in [-0.1, -0.05) is 0 Å². The first kappa shape index (κ1) is 14.2. The summed E-state index contributed by atoms with van der Waals surface area (Å²) in [6.07, 6.45) is 5.97. The molecule has 1 saturated heterocycles. The van der Waals surface area contributed by atoms with E-state index in [-0.39, 0.29) is 0 Å². The van der Waals surface area contributed by atoms with Gasteiger partial charge in [-0.3, -0.25) is 4.98 Å². The molecule has 1 fully saturated rings. The molecule has 0 saturated carbocycles. The van der Waals surface area contributed by atoms with E-state index in [2.05, 4.69) is 20.2 Å². The number of aryl methyl sites for hydroxylation is 1. The molecule has 5 nitrogen and oxygen atoms in total. The smallest absolute Gasteiger partial charge is 0.150 e. The van der Waals surface area contributed by atoms with Gasteiger partial charge in [-0.25, -0.2) is 4.98 Å². The van der Waals surface area contributed by atoms with Gasteiger partial charge in [0.2, 0.25) is 0 Å². The zero-order valence-corrected chi connectivity index (χ0v) is 11.9. The number of methoxy groups -OCH3 is 1. The second-order valence-corrected chi connectivity index (χ2v) is 5.09. The van der Waals surface area contributed by atoms with Crippen molar-refractivity contribution in [2.75, 3.05) is 44.8 Å². The molecule has 2 heterocycles. The molecule has 0 atom stereocenters. The molecule has 0 unspecified atom stereocenters. The Morgan fingerprint density at radius 2 is 2.05 bits per heavy atom. The molecule has 0 aromatic carbocycles. The van der Waals surface area contributed by atoms with E-state index in [1.165, 1.54) is 12.8 Å². The number of piperidine rings is 1. The maximum Gasteiger partial charge on any atom is 0.150 e. The van der Waals surface area contributed by atoms with Crippen LogP contribution in [0.1, 0.15) is 18.5 Å². The Morgan fingerprint density at radius 1 is 1.32 bits per heavy atom. The number of rotatable bonds is 6. The molecule has 106 valence electrons. The summed E-state index contributed by atoms with van der Waals surface area (Å²) in [4.78, 5) is 11.1. The van der Waals surface area contributed by atoms with Crippen molar-refractivity contribution in [3.05, 3.63) is 18.1 Å². The minimum Gasteiger partial charge on any atom is -0.383 e. The van der Waals surface area contributed by atoms with Crippen LogP contribution in [-0.4, -0.2) is 49.9 Å². The highest BCUT2D eigenvalue weighted by molar-refractivity contribution is 5.42. The van der Waals surface area contributed by atoms with Gasteiger partial charge in [-0.05, 0) is 32.2 Å². The summed E-state index contributed by atoms with van der Waals surface area (Å²) >= 11 is 0. The number of aromatic nitrogens is 2. The van der Waals surface area contributed by atoms with Crippen LogP contribution in [0, 0.1) is 12.8 Å². The van der Waals surface area contributed by atoms with E-state index in [0.717, 1.165) is 50.2 Å². The minimum atomic E-state index is 0.769. The number of nitrogens with zero attached hydrogens (tertiary/aromatic N) is 3. The average molecular weight is 264 g/mol. The molecule has 0 bridgehead atoms. The molecule has 1 aromatic rings. The first-order chi connectivity index (χ1) is 9.31. The summed E-state index contributed by atoms with van der Waals surface area (Å²) in [6.45, 7) is 7.02. The number of anilines is 1. The standard InChI is InChI=1S/C14H24N4O/c1-12-14(17-6-5-16-12)18-8-3-13(4-9-18)11-15-7-10-19-2/h5-6,13,15H,3-4,7-11H2,1-2H3. The molecule has 5 heteroatoms. The Balaban J connectivity index is 1.75. The van der Waals surface area contributed by atoms with E-state index in [4.69, 9.17) is 4.74 Å². The first-order valence-electron chi connectivity index (χ1n) is 7.03. The SMILES string of the molecule is COCCNCC1CCN(c2nccnc2C)CC1. The fourth-order valence-electron chi connectivity index (χ4n) is 2.54. The summed E-state index contributed by atoms with van der Waals surface area (Å²) < 4.78 is 5.03. The van der Waals surface area contributed by atoms with E-state index in [9.17, 15) is 0 Å². The van der Waals surface area contributed by atoms with E-state index in [1.807, 2.05) is 6.92 Å². The molecule has 19 heavy (non-hydrogen) atoms. The summed E-state index contributed by atoms with van der Waals surface area (Å²) in [5.74, 6) is 1.82. The molecule has 1 N–H and O–H groups in total. The van der Waals surface area contributed by atoms with Gasteiger partial charge in [-0.15, -0.1) is 0 Å². The minimum absolute atomic E-state index is 0.769. The van der Waals surface area contributed by atoms with Crippen LogP contribution in [-0.2, 0) is 4.74 Å². The third-order valence-electron chi connectivity index (χ3n) is 3.69. The normalized spacial score (nSPS) is 16.8. The largest absolute Gasteiger partial charge is 0.383 e. The van der Waals surface area contributed by atoms with Crippen molar-refractivity contribution >= 4 is 5.82 Å². The molecular formula is C14H24N4O. The molecular weight excluding hydrogens is 240 g/mol. The fourth-order valence-corrected chi connectivity index (χ4v) is 2.54. The summed E-state index contributed by atoms with van der Waals surface area (Å²) in [5.41, 5.74) is 1.03. The highest BCUT2D eigenvalue weighted by atomic mass is 16.5. The second kappa shape index (κ2) is 7.40. The van der Waals surface area contributed by atoms with E-state index >= 15 is 0 Å². The van der Waals surface area contributed by atoms with Gasteiger partial charge in [0.15, 0.2) is 0 Å². The lowest BCUT2D eigenvalue weighted by molar-refractivity contribution is 0.196. The predicted molar refractivity (Wildman–Crippen MR) is 76.5 cm³/mol. The van der Waals surface area contributed by atoms with Crippen molar-refractivity contribution in [3.8, 4) is 0 Å². The van der Waals surface area contributed by atoms with Gasteiger partial charge in [-0.2, -0.15) is 0 Å². The highest BCUT2D eigenvalue weighted by Crippen LogP contribution is 2.22. The number of nitrogens with one attached hydrogen (secondary N) is 1.